The van der Waals surface area contributed by atoms with Crippen LogP contribution < -0.4 is 10.1 Å². The number of rotatable bonds is 6. The molecule has 2 rings (SSSR count). The van der Waals surface area contributed by atoms with Gasteiger partial charge in [0, 0.05) is 28.9 Å². The quantitative estimate of drug-likeness (QED) is 0.748. The van der Waals surface area contributed by atoms with E-state index in [4.69, 9.17) is 0 Å². The molecule has 4 nitrogen and oxygen atoms in total. The molecule has 0 saturated heterocycles. The summed E-state index contributed by atoms with van der Waals surface area (Å²) < 4.78 is 30.0. The van der Waals surface area contributed by atoms with Crippen LogP contribution in [0.25, 0.3) is 6.08 Å². The average Bonchev–Trinajstić information content (AvgIpc) is 2.54. The summed E-state index contributed by atoms with van der Waals surface area (Å²) in [5.41, 5.74) is 2.08. The molecular formula is C17H15BrF2N2O2. The van der Waals surface area contributed by atoms with Gasteiger partial charge in [-0.25, -0.2) is 0 Å². The van der Waals surface area contributed by atoms with Crippen molar-refractivity contribution in [1.29, 1.82) is 0 Å². The maximum Gasteiger partial charge on any atom is 0.387 e. The number of hydrogen-bond acceptors (Lipinski definition) is 3. The molecule has 0 atom stereocenters. The van der Waals surface area contributed by atoms with Crippen molar-refractivity contribution in [2.24, 2.45) is 0 Å². The van der Waals surface area contributed by atoms with Gasteiger partial charge in [-0.2, -0.15) is 8.78 Å². The minimum atomic E-state index is -2.92. The monoisotopic (exact) mass is 396 g/mol. The lowest BCUT2D eigenvalue weighted by Crippen LogP contribution is -2.21. The van der Waals surface area contributed by atoms with Crippen molar-refractivity contribution < 1.29 is 18.3 Å². The second-order valence-corrected chi connectivity index (χ2v) is 5.80. The van der Waals surface area contributed by atoms with Gasteiger partial charge in [-0.05, 0) is 42.8 Å². The van der Waals surface area contributed by atoms with E-state index in [1.54, 1.807) is 24.4 Å². The third-order valence-corrected chi connectivity index (χ3v) is 3.63. The number of hydrogen-bond donors (Lipinski definition) is 1. The molecule has 0 aliphatic carbocycles. The second kappa shape index (κ2) is 8.54. The zero-order valence-corrected chi connectivity index (χ0v) is 14.4. The van der Waals surface area contributed by atoms with Gasteiger partial charge in [0.15, 0.2) is 0 Å². The van der Waals surface area contributed by atoms with Gasteiger partial charge in [0.1, 0.15) is 5.75 Å². The molecule has 2 aromatic rings. The second-order valence-electron chi connectivity index (χ2n) is 4.89. The SMILES string of the molecule is Cc1cccnc1/C=C/C(=O)NCc1cc(Br)ccc1OC(F)F. The highest BCUT2D eigenvalue weighted by Gasteiger charge is 2.10. The Balaban J connectivity index is 2.01. The Labute approximate surface area is 146 Å². The van der Waals surface area contributed by atoms with Crippen molar-refractivity contribution in [1.82, 2.24) is 10.3 Å². The first-order valence-corrected chi connectivity index (χ1v) is 7.86. The normalized spacial score (nSPS) is 11.0. The summed E-state index contributed by atoms with van der Waals surface area (Å²) in [4.78, 5) is 16.0. The van der Waals surface area contributed by atoms with E-state index in [1.165, 1.54) is 12.1 Å². The summed E-state index contributed by atoms with van der Waals surface area (Å²) in [5.74, 6) is -0.332. The maximum atomic E-state index is 12.4. The maximum absolute atomic E-state index is 12.4. The van der Waals surface area contributed by atoms with Crippen LogP contribution in [0.4, 0.5) is 8.78 Å². The van der Waals surface area contributed by atoms with E-state index < -0.39 is 6.61 Å². The van der Waals surface area contributed by atoms with Crippen LogP contribution in [0.3, 0.4) is 0 Å². The van der Waals surface area contributed by atoms with Crippen molar-refractivity contribution >= 4 is 27.9 Å². The van der Waals surface area contributed by atoms with Gasteiger partial charge >= 0.3 is 6.61 Å². The number of aromatic nitrogens is 1. The Morgan fingerprint density at radius 3 is 2.92 bits per heavy atom. The zero-order valence-electron chi connectivity index (χ0n) is 12.8. The van der Waals surface area contributed by atoms with Gasteiger partial charge in [-0.15, -0.1) is 0 Å². The molecule has 24 heavy (non-hydrogen) atoms. The Kier molecular flexibility index (Phi) is 6.43. The Bertz CT molecular complexity index is 751. The number of carbonyl (C=O) groups is 1. The highest BCUT2D eigenvalue weighted by molar-refractivity contribution is 9.10. The minimum absolute atomic E-state index is 0.0260. The molecule has 0 spiro atoms. The number of carbonyl (C=O) groups excluding carboxylic acids is 1. The first-order chi connectivity index (χ1) is 11.5. The topological polar surface area (TPSA) is 51.2 Å². The van der Waals surface area contributed by atoms with E-state index >= 15 is 0 Å². The van der Waals surface area contributed by atoms with Crippen molar-refractivity contribution in [3.63, 3.8) is 0 Å². The van der Waals surface area contributed by atoms with E-state index in [2.05, 4.69) is 31.0 Å². The van der Waals surface area contributed by atoms with Gasteiger partial charge in [0.25, 0.3) is 0 Å². The average molecular weight is 397 g/mol. The molecule has 126 valence electrons. The number of nitrogens with one attached hydrogen (secondary N) is 1. The third kappa shape index (κ3) is 5.42. The molecule has 0 aliphatic heterocycles. The van der Waals surface area contributed by atoms with Crippen molar-refractivity contribution in [3.05, 3.63) is 63.9 Å². The molecular weight excluding hydrogens is 382 g/mol. The summed E-state index contributed by atoms with van der Waals surface area (Å²) in [7, 11) is 0. The van der Waals surface area contributed by atoms with Crippen LogP contribution in [0.5, 0.6) is 5.75 Å². The molecule has 0 aliphatic rings. The number of halogens is 3. The lowest BCUT2D eigenvalue weighted by Gasteiger charge is -2.11. The lowest BCUT2D eigenvalue weighted by atomic mass is 10.2. The van der Waals surface area contributed by atoms with E-state index in [9.17, 15) is 13.6 Å². The number of aryl methyl sites for hydroxylation is 1. The fourth-order valence-electron chi connectivity index (χ4n) is 1.97. The molecule has 1 aromatic heterocycles. The first-order valence-electron chi connectivity index (χ1n) is 7.06. The molecule has 1 aromatic carbocycles. The van der Waals surface area contributed by atoms with Crippen molar-refractivity contribution in [2.45, 2.75) is 20.1 Å². The summed E-state index contributed by atoms with van der Waals surface area (Å²) in [5, 5.41) is 2.63. The minimum Gasteiger partial charge on any atom is -0.434 e. The molecule has 0 fully saturated rings. The fourth-order valence-corrected chi connectivity index (χ4v) is 2.37. The van der Waals surface area contributed by atoms with Gasteiger partial charge in [-0.1, -0.05) is 22.0 Å². The highest BCUT2D eigenvalue weighted by atomic mass is 79.9. The Morgan fingerprint density at radius 1 is 1.42 bits per heavy atom. The predicted molar refractivity (Wildman–Crippen MR) is 90.6 cm³/mol. The zero-order chi connectivity index (χ0) is 17.5. The standard InChI is InChI=1S/C17H15BrF2N2O2/c1-11-3-2-8-21-14(11)5-7-16(23)22-10-12-9-13(18)4-6-15(12)24-17(19)20/h2-9,17H,10H2,1H3,(H,22,23)/b7-5+. The highest BCUT2D eigenvalue weighted by Crippen LogP contribution is 2.24. The molecule has 0 radical (unpaired) electrons. The Morgan fingerprint density at radius 2 is 2.21 bits per heavy atom. The molecule has 0 saturated carbocycles. The number of pyridine rings is 1. The summed E-state index contributed by atoms with van der Waals surface area (Å²) in [6.07, 6.45) is 4.59. The number of amides is 1. The van der Waals surface area contributed by atoms with Gasteiger partial charge in [-0.3, -0.25) is 9.78 Å². The molecule has 1 amide bonds. The van der Waals surface area contributed by atoms with E-state index in [0.29, 0.717) is 15.7 Å². The first kappa shape index (κ1) is 18.1. The van der Waals surface area contributed by atoms with Crippen LogP contribution in [-0.4, -0.2) is 17.5 Å². The largest absolute Gasteiger partial charge is 0.434 e. The summed E-state index contributed by atoms with van der Waals surface area (Å²) in [6, 6.07) is 8.33. The van der Waals surface area contributed by atoms with E-state index in [0.717, 1.165) is 5.56 Å². The van der Waals surface area contributed by atoms with Gasteiger partial charge in [0.05, 0.1) is 5.69 Å². The van der Waals surface area contributed by atoms with Crippen LogP contribution in [-0.2, 0) is 11.3 Å². The predicted octanol–water partition coefficient (Wildman–Crippen LogP) is 4.08. The van der Waals surface area contributed by atoms with E-state index in [-0.39, 0.29) is 18.2 Å². The van der Waals surface area contributed by atoms with Gasteiger partial charge in [0.2, 0.25) is 5.91 Å². The lowest BCUT2D eigenvalue weighted by molar-refractivity contribution is -0.116. The van der Waals surface area contributed by atoms with Crippen LogP contribution in [0, 0.1) is 6.92 Å². The fraction of sp³-hybridized carbons (Fsp3) is 0.176. The number of benzene rings is 1. The van der Waals surface area contributed by atoms with Crippen LogP contribution in [0.1, 0.15) is 16.8 Å². The van der Waals surface area contributed by atoms with Crippen molar-refractivity contribution in [2.75, 3.05) is 0 Å². The van der Waals surface area contributed by atoms with Crippen LogP contribution >= 0.6 is 15.9 Å². The van der Waals surface area contributed by atoms with Crippen molar-refractivity contribution in [3.8, 4) is 5.75 Å². The van der Waals surface area contributed by atoms with Crippen LogP contribution in [0.15, 0.2) is 47.1 Å². The third-order valence-electron chi connectivity index (χ3n) is 3.13. The molecule has 1 heterocycles. The molecule has 7 heteroatoms. The van der Waals surface area contributed by atoms with E-state index in [1.807, 2.05) is 19.1 Å². The number of nitrogens with zero attached hydrogens (tertiary/aromatic N) is 1. The van der Waals surface area contributed by atoms with Crippen LogP contribution in [0.2, 0.25) is 0 Å². The molecule has 1 N–H and O–H groups in total. The summed E-state index contributed by atoms with van der Waals surface area (Å²) in [6.45, 7) is -0.973. The summed E-state index contributed by atoms with van der Waals surface area (Å²) >= 11 is 3.26. The molecule has 0 unspecified atom stereocenters. The van der Waals surface area contributed by atoms with Gasteiger partial charge < -0.3 is 10.1 Å². The number of alkyl halides is 2. The Hall–Kier alpha value is -2.28. The number of ether oxygens (including phenoxy) is 1. The smallest absolute Gasteiger partial charge is 0.387 e. The molecule has 0 bridgehead atoms.